The standard InChI is InChI=1S/C15H15Cl2N3O2/c16-10-3-4-11-9(13(10)17)6-12(19-11)15(22)20-5-1-2-8(7-20)14(18)21/h3-4,6,8,19H,1-2,5,7H2,(H2,18,21)/t8-/m1/s1. The second kappa shape index (κ2) is 5.82. The quantitative estimate of drug-likeness (QED) is 0.882. The Bertz CT molecular complexity index is 757. The summed E-state index contributed by atoms with van der Waals surface area (Å²) in [7, 11) is 0. The molecule has 3 N–H and O–H groups in total. The fourth-order valence-corrected chi connectivity index (χ4v) is 3.21. The van der Waals surface area contributed by atoms with E-state index in [9.17, 15) is 9.59 Å². The molecule has 3 rings (SSSR count). The summed E-state index contributed by atoms with van der Waals surface area (Å²) in [5, 5.41) is 1.57. The number of aromatic nitrogens is 1. The zero-order valence-corrected chi connectivity index (χ0v) is 13.2. The van der Waals surface area contributed by atoms with Crippen LogP contribution >= 0.6 is 23.2 Å². The van der Waals surface area contributed by atoms with Crippen molar-refractivity contribution in [3.8, 4) is 0 Å². The monoisotopic (exact) mass is 339 g/mol. The molecule has 0 bridgehead atoms. The molecular formula is C15H15Cl2N3O2. The SMILES string of the molecule is NC(=O)[C@@H]1CCCN(C(=O)c2cc3c(Cl)c(Cl)ccc3[nH]2)C1. The smallest absolute Gasteiger partial charge is 0.270 e. The highest BCUT2D eigenvalue weighted by molar-refractivity contribution is 6.45. The Balaban J connectivity index is 1.89. The number of carbonyl (C=O) groups excluding carboxylic acids is 2. The van der Waals surface area contributed by atoms with E-state index < -0.39 is 0 Å². The number of hydrogen-bond acceptors (Lipinski definition) is 2. The molecule has 22 heavy (non-hydrogen) atoms. The molecule has 116 valence electrons. The molecule has 1 fully saturated rings. The number of nitrogens with one attached hydrogen (secondary N) is 1. The average Bonchev–Trinajstić information content (AvgIpc) is 2.95. The number of carbonyl (C=O) groups is 2. The van der Waals surface area contributed by atoms with Crippen LogP contribution in [0.3, 0.4) is 0 Å². The van der Waals surface area contributed by atoms with Gasteiger partial charge in [0.2, 0.25) is 5.91 Å². The number of amides is 2. The minimum Gasteiger partial charge on any atom is -0.369 e. The summed E-state index contributed by atoms with van der Waals surface area (Å²) >= 11 is 12.1. The van der Waals surface area contributed by atoms with E-state index in [1.165, 1.54) is 0 Å². The van der Waals surface area contributed by atoms with Crippen LogP contribution in [0.2, 0.25) is 10.0 Å². The van der Waals surface area contributed by atoms with Gasteiger partial charge < -0.3 is 15.6 Å². The van der Waals surface area contributed by atoms with Crippen molar-refractivity contribution in [2.45, 2.75) is 12.8 Å². The highest BCUT2D eigenvalue weighted by Crippen LogP contribution is 2.31. The van der Waals surface area contributed by atoms with Gasteiger partial charge in [-0.1, -0.05) is 23.2 Å². The summed E-state index contributed by atoms with van der Waals surface area (Å²) in [6.07, 6.45) is 1.50. The third kappa shape index (κ3) is 2.66. The molecule has 1 aliphatic rings. The highest BCUT2D eigenvalue weighted by Gasteiger charge is 2.28. The molecule has 1 atom stereocenters. The third-order valence-electron chi connectivity index (χ3n) is 4.03. The third-order valence-corrected chi connectivity index (χ3v) is 4.85. The Labute approximate surface area is 137 Å². The van der Waals surface area contributed by atoms with Crippen molar-refractivity contribution in [2.24, 2.45) is 11.7 Å². The normalized spacial score (nSPS) is 18.6. The molecule has 5 nitrogen and oxygen atoms in total. The Morgan fingerprint density at radius 1 is 1.32 bits per heavy atom. The molecule has 0 spiro atoms. The van der Waals surface area contributed by atoms with Gasteiger partial charge in [-0.3, -0.25) is 9.59 Å². The first-order chi connectivity index (χ1) is 10.5. The van der Waals surface area contributed by atoms with E-state index >= 15 is 0 Å². The van der Waals surface area contributed by atoms with Crippen LogP contribution in [0.1, 0.15) is 23.3 Å². The van der Waals surface area contributed by atoms with Gasteiger partial charge in [0.15, 0.2) is 0 Å². The van der Waals surface area contributed by atoms with Gasteiger partial charge in [-0.15, -0.1) is 0 Å². The summed E-state index contributed by atoms with van der Waals surface area (Å²) in [4.78, 5) is 28.6. The van der Waals surface area contributed by atoms with Crippen LogP contribution in [0.5, 0.6) is 0 Å². The molecular weight excluding hydrogens is 325 g/mol. The first kappa shape index (κ1) is 15.2. The van der Waals surface area contributed by atoms with Crippen molar-refractivity contribution in [3.05, 3.63) is 33.9 Å². The van der Waals surface area contributed by atoms with Crippen molar-refractivity contribution in [3.63, 3.8) is 0 Å². The van der Waals surface area contributed by atoms with Crippen LogP contribution < -0.4 is 5.73 Å². The molecule has 2 heterocycles. The largest absolute Gasteiger partial charge is 0.369 e. The number of likely N-dealkylation sites (tertiary alicyclic amines) is 1. The lowest BCUT2D eigenvalue weighted by Crippen LogP contribution is -2.44. The Morgan fingerprint density at radius 2 is 2.09 bits per heavy atom. The second-order valence-corrected chi connectivity index (χ2v) is 6.28. The zero-order chi connectivity index (χ0) is 15.9. The van der Waals surface area contributed by atoms with Crippen LogP contribution in [0, 0.1) is 5.92 Å². The summed E-state index contributed by atoms with van der Waals surface area (Å²) in [6, 6.07) is 5.16. The Morgan fingerprint density at radius 3 is 2.82 bits per heavy atom. The highest BCUT2D eigenvalue weighted by atomic mass is 35.5. The summed E-state index contributed by atoms with van der Waals surface area (Å²) in [6.45, 7) is 0.977. The van der Waals surface area contributed by atoms with Crippen molar-refractivity contribution in [2.75, 3.05) is 13.1 Å². The molecule has 0 saturated carbocycles. The number of rotatable bonds is 2. The lowest BCUT2D eigenvalue weighted by Gasteiger charge is -2.30. The van der Waals surface area contributed by atoms with Gasteiger partial charge in [-0.25, -0.2) is 0 Å². The van der Waals surface area contributed by atoms with E-state index in [1.54, 1.807) is 23.1 Å². The average molecular weight is 340 g/mol. The molecule has 1 aromatic heterocycles. The van der Waals surface area contributed by atoms with Gasteiger partial charge in [0.05, 0.1) is 16.0 Å². The Kier molecular flexibility index (Phi) is 4.02. The summed E-state index contributed by atoms with van der Waals surface area (Å²) < 4.78 is 0. The lowest BCUT2D eigenvalue weighted by molar-refractivity contribution is -0.123. The van der Waals surface area contributed by atoms with Crippen LogP contribution in [-0.4, -0.2) is 34.8 Å². The van der Waals surface area contributed by atoms with Gasteiger partial charge in [-0.05, 0) is 31.0 Å². The number of fused-ring (bicyclic) bond motifs is 1. The topological polar surface area (TPSA) is 79.2 Å². The number of primary amides is 1. The maximum Gasteiger partial charge on any atom is 0.270 e. The molecule has 0 unspecified atom stereocenters. The molecule has 2 amide bonds. The molecule has 1 saturated heterocycles. The minimum atomic E-state index is -0.357. The predicted molar refractivity (Wildman–Crippen MR) is 86.1 cm³/mol. The van der Waals surface area contributed by atoms with Crippen molar-refractivity contribution in [1.82, 2.24) is 9.88 Å². The number of aromatic amines is 1. The van der Waals surface area contributed by atoms with Gasteiger partial charge in [-0.2, -0.15) is 0 Å². The van der Waals surface area contributed by atoms with E-state index in [4.69, 9.17) is 28.9 Å². The van der Waals surface area contributed by atoms with E-state index in [0.29, 0.717) is 34.2 Å². The van der Waals surface area contributed by atoms with Crippen molar-refractivity contribution >= 4 is 45.9 Å². The number of halogens is 2. The second-order valence-electron chi connectivity index (χ2n) is 5.50. The van der Waals surface area contributed by atoms with Gasteiger partial charge in [0.25, 0.3) is 5.91 Å². The first-order valence-corrected chi connectivity index (χ1v) is 7.78. The van der Waals surface area contributed by atoms with Crippen LogP contribution in [-0.2, 0) is 4.79 Å². The zero-order valence-electron chi connectivity index (χ0n) is 11.7. The number of benzene rings is 1. The first-order valence-electron chi connectivity index (χ1n) is 7.02. The Hall–Kier alpha value is -1.72. The van der Waals surface area contributed by atoms with Crippen LogP contribution in [0.25, 0.3) is 10.9 Å². The molecule has 7 heteroatoms. The van der Waals surface area contributed by atoms with Gasteiger partial charge in [0.1, 0.15) is 5.69 Å². The van der Waals surface area contributed by atoms with Crippen molar-refractivity contribution in [1.29, 1.82) is 0 Å². The summed E-state index contributed by atoms with van der Waals surface area (Å²) in [5.41, 5.74) is 6.53. The van der Waals surface area contributed by atoms with E-state index in [-0.39, 0.29) is 17.7 Å². The lowest BCUT2D eigenvalue weighted by atomic mass is 9.97. The fourth-order valence-electron chi connectivity index (χ4n) is 2.82. The van der Waals surface area contributed by atoms with E-state index in [0.717, 1.165) is 18.4 Å². The van der Waals surface area contributed by atoms with Gasteiger partial charge in [0, 0.05) is 24.0 Å². The van der Waals surface area contributed by atoms with Gasteiger partial charge >= 0.3 is 0 Å². The molecule has 1 aliphatic heterocycles. The number of nitrogens with two attached hydrogens (primary N) is 1. The van der Waals surface area contributed by atoms with E-state index in [1.807, 2.05) is 0 Å². The maximum atomic E-state index is 12.6. The summed E-state index contributed by atoms with van der Waals surface area (Å²) in [5.74, 6) is -0.793. The number of nitrogens with zero attached hydrogens (tertiary/aromatic N) is 1. The van der Waals surface area contributed by atoms with Crippen LogP contribution in [0.4, 0.5) is 0 Å². The fraction of sp³-hybridized carbons (Fsp3) is 0.333. The molecule has 2 aromatic rings. The predicted octanol–water partition coefficient (Wildman–Crippen LogP) is 2.81. The molecule has 1 aromatic carbocycles. The molecule has 0 radical (unpaired) electrons. The van der Waals surface area contributed by atoms with Crippen LogP contribution in [0.15, 0.2) is 18.2 Å². The minimum absolute atomic E-state index is 0.158. The maximum absolute atomic E-state index is 12.6. The number of piperidine rings is 1. The molecule has 0 aliphatic carbocycles. The van der Waals surface area contributed by atoms with Crippen molar-refractivity contribution < 1.29 is 9.59 Å². The van der Waals surface area contributed by atoms with E-state index in [2.05, 4.69) is 4.98 Å². The number of H-pyrrole nitrogens is 1. The number of hydrogen-bond donors (Lipinski definition) is 2.